The molecule has 3 nitrogen and oxygen atoms in total. The first-order valence-electron chi connectivity index (χ1n) is 6.62. The van der Waals surface area contributed by atoms with E-state index in [0.29, 0.717) is 19.8 Å². The van der Waals surface area contributed by atoms with Crippen molar-refractivity contribution >= 4 is 0 Å². The van der Waals surface area contributed by atoms with Gasteiger partial charge in [-0.2, -0.15) is 0 Å². The molecule has 0 aliphatic rings. The predicted molar refractivity (Wildman–Crippen MR) is 74.8 cm³/mol. The summed E-state index contributed by atoms with van der Waals surface area (Å²) < 4.78 is 10.9. The van der Waals surface area contributed by atoms with Crippen LogP contribution in [-0.4, -0.2) is 26.4 Å². The Bertz CT molecular complexity index is 332. The van der Waals surface area contributed by atoms with E-state index in [-0.39, 0.29) is 6.04 Å². The van der Waals surface area contributed by atoms with Crippen LogP contribution in [0.1, 0.15) is 36.1 Å². The van der Waals surface area contributed by atoms with Crippen LogP contribution in [0.3, 0.4) is 0 Å². The fourth-order valence-electron chi connectivity index (χ4n) is 1.89. The van der Waals surface area contributed by atoms with E-state index in [2.05, 4.69) is 39.0 Å². The van der Waals surface area contributed by atoms with E-state index >= 15 is 0 Å². The Balaban J connectivity index is 2.29. The van der Waals surface area contributed by atoms with Gasteiger partial charge in [-0.15, -0.1) is 0 Å². The van der Waals surface area contributed by atoms with Crippen LogP contribution in [0.25, 0.3) is 0 Å². The quantitative estimate of drug-likeness (QED) is 0.723. The van der Waals surface area contributed by atoms with Gasteiger partial charge in [0.25, 0.3) is 0 Å². The smallest absolute Gasteiger partial charge is 0.0701 e. The maximum Gasteiger partial charge on any atom is 0.0701 e. The molecule has 0 aromatic heterocycles. The summed E-state index contributed by atoms with van der Waals surface area (Å²) in [7, 11) is 0. The van der Waals surface area contributed by atoms with Gasteiger partial charge in [0.05, 0.1) is 25.9 Å². The minimum atomic E-state index is -0.0604. The molecule has 3 heteroatoms. The topological polar surface area (TPSA) is 44.5 Å². The molecule has 0 saturated heterocycles. The average Bonchev–Trinajstić information content (AvgIpc) is 2.32. The van der Waals surface area contributed by atoms with Crippen molar-refractivity contribution in [3.05, 3.63) is 34.9 Å². The molecule has 0 aliphatic carbocycles. The van der Waals surface area contributed by atoms with Crippen molar-refractivity contribution in [2.45, 2.75) is 33.2 Å². The van der Waals surface area contributed by atoms with Crippen LogP contribution in [0.5, 0.6) is 0 Å². The number of benzene rings is 1. The summed E-state index contributed by atoms with van der Waals surface area (Å²) in [5, 5.41) is 0. The maximum absolute atomic E-state index is 6.11. The number of nitrogens with two attached hydrogens (primary N) is 1. The SMILES string of the molecule is CCCOCCOCC(N)c1cc(C)cc(C)c1. The summed E-state index contributed by atoms with van der Waals surface area (Å²) in [6.45, 7) is 8.86. The van der Waals surface area contributed by atoms with Crippen molar-refractivity contribution in [3.63, 3.8) is 0 Å². The van der Waals surface area contributed by atoms with Crippen LogP contribution >= 0.6 is 0 Å². The summed E-state index contributed by atoms with van der Waals surface area (Å²) in [5.74, 6) is 0. The van der Waals surface area contributed by atoms with Crippen molar-refractivity contribution in [2.24, 2.45) is 5.73 Å². The predicted octanol–water partition coefficient (Wildman–Crippen LogP) is 2.75. The number of ether oxygens (including phenoxy) is 2. The zero-order chi connectivity index (χ0) is 13.4. The molecule has 0 fully saturated rings. The molecule has 1 rings (SSSR count). The summed E-state index contributed by atoms with van der Waals surface area (Å²) in [5.41, 5.74) is 9.73. The van der Waals surface area contributed by atoms with Gasteiger partial charge in [-0.1, -0.05) is 36.2 Å². The van der Waals surface area contributed by atoms with Crippen LogP contribution in [0.15, 0.2) is 18.2 Å². The van der Waals surface area contributed by atoms with Crippen molar-refractivity contribution in [3.8, 4) is 0 Å². The molecule has 1 unspecified atom stereocenters. The fourth-order valence-corrected chi connectivity index (χ4v) is 1.89. The lowest BCUT2D eigenvalue weighted by atomic mass is 10.0. The molecule has 0 radical (unpaired) electrons. The van der Waals surface area contributed by atoms with Gasteiger partial charge >= 0.3 is 0 Å². The highest BCUT2D eigenvalue weighted by Gasteiger charge is 2.07. The highest BCUT2D eigenvalue weighted by Crippen LogP contribution is 2.15. The molecule has 0 saturated carbocycles. The van der Waals surface area contributed by atoms with Gasteiger partial charge < -0.3 is 15.2 Å². The van der Waals surface area contributed by atoms with Crippen LogP contribution in [-0.2, 0) is 9.47 Å². The molecule has 1 atom stereocenters. The molecule has 1 aromatic carbocycles. The average molecular weight is 251 g/mol. The number of hydrogen-bond acceptors (Lipinski definition) is 3. The summed E-state index contributed by atoms with van der Waals surface area (Å²) in [6.07, 6.45) is 1.04. The summed E-state index contributed by atoms with van der Waals surface area (Å²) in [6, 6.07) is 6.33. The fraction of sp³-hybridized carbons (Fsp3) is 0.600. The zero-order valence-corrected chi connectivity index (χ0v) is 11.7. The van der Waals surface area contributed by atoms with E-state index in [1.165, 1.54) is 11.1 Å². The minimum Gasteiger partial charge on any atom is -0.379 e. The summed E-state index contributed by atoms with van der Waals surface area (Å²) in [4.78, 5) is 0. The number of rotatable bonds is 8. The van der Waals surface area contributed by atoms with Crippen LogP contribution < -0.4 is 5.73 Å². The molecule has 0 amide bonds. The van der Waals surface area contributed by atoms with E-state index in [4.69, 9.17) is 15.2 Å². The lowest BCUT2D eigenvalue weighted by molar-refractivity contribution is 0.0428. The first kappa shape index (κ1) is 15.2. The second-order valence-electron chi connectivity index (χ2n) is 4.71. The minimum absolute atomic E-state index is 0.0604. The van der Waals surface area contributed by atoms with E-state index in [9.17, 15) is 0 Å². The molecule has 0 bridgehead atoms. The Morgan fingerprint density at radius 3 is 2.22 bits per heavy atom. The molecule has 0 spiro atoms. The molecular weight excluding hydrogens is 226 g/mol. The molecule has 1 aromatic rings. The van der Waals surface area contributed by atoms with Crippen molar-refractivity contribution in [2.75, 3.05) is 26.4 Å². The van der Waals surface area contributed by atoms with E-state index in [1.54, 1.807) is 0 Å². The van der Waals surface area contributed by atoms with Crippen molar-refractivity contribution in [1.29, 1.82) is 0 Å². The molecular formula is C15H25NO2. The lowest BCUT2D eigenvalue weighted by Crippen LogP contribution is -2.19. The largest absolute Gasteiger partial charge is 0.379 e. The second kappa shape index (κ2) is 8.25. The first-order chi connectivity index (χ1) is 8.63. The standard InChI is InChI=1S/C15H25NO2/c1-4-5-17-6-7-18-11-15(16)14-9-12(2)8-13(3)10-14/h8-10,15H,4-7,11,16H2,1-3H3. The normalized spacial score (nSPS) is 12.7. The third kappa shape index (κ3) is 5.63. The Morgan fingerprint density at radius 2 is 1.61 bits per heavy atom. The van der Waals surface area contributed by atoms with Crippen molar-refractivity contribution in [1.82, 2.24) is 0 Å². The highest BCUT2D eigenvalue weighted by molar-refractivity contribution is 5.30. The van der Waals surface area contributed by atoms with Gasteiger partial charge in [0, 0.05) is 6.61 Å². The zero-order valence-electron chi connectivity index (χ0n) is 11.7. The molecule has 0 heterocycles. The maximum atomic E-state index is 6.11. The number of hydrogen-bond donors (Lipinski definition) is 1. The summed E-state index contributed by atoms with van der Waals surface area (Å²) >= 11 is 0. The molecule has 0 aliphatic heterocycles. The monoisotopic (exact) mass is 251 g/mol. The second-order valence-corrected chi connectivity index (χ2v) is 4.71. The van der Waals surface area contributed by atoms with Gasteiger partial charge in [-0.3, -0.25) is 0 Å². The molecule has 102 valence electrons. The van der Waals surface area contributed by atoms with E-state index < -0.39 is 0 Å². The van der Waals surface area contributed by atoms with Crippen molar-refractivity contribution < 1.29 is 9.47 Å². The first-order valence-corrected chi connectivity index (χ1v) is 6.62. The third-order valence-electron chi connectivity index (χ3n) is 2.69. The van der Waals surface area contributed by atoms with Crippen LogP contribution in [0, 0.1) is 13.8 Å². The molecule has 2 N–H and O–H groups in total. The third-order valence-corrected chi connectivity index (χ3v) is 2.69. The van der Waals surface area contributed by atoms with Gasteiger partial charge in [0.15, 0.2) is 0 Å². The molecule has 18 heavy (non-hydrogen) atoms. The van der Waals surface area contributed by atoms with Gasteiger partial charge in [0.1, 0.15) is 0 Å². The Labute approximate surface area is 110 Å². The Morgan fingerprint density at radius 1 is 1.00 bits per heavy atom. The van der Waals surface area contributed by atoms with E-state index in [0.717, 1.165) is 18.6 Å². The van der Waals surface area contributed by atoms with Gasteiger partial charge in [0.2, 0.25) is 0 Å². The van der Waals surface area contributed by atoms with Crippen LogP contribution in [0.2, 0.25) is 0 Å². The Kier molecular flexibility index (Phi) is 6.94. The van der Waals surface area contributed by atoms with Gasteiger partial charge in [-0.05, 0) is 25.8 Å². The van der Waals surface area contributed by atoms with E-state index in [1.807, 2.05) is 0 Å². The van der Waals surface area contributed by atoms with Crippen LogP contribution in [0.4, 0.5) is 0 Å². The Hall–Kier alpha value is -0.900. The lowest BCUT2D eigenvalue weighted by Gasteiger charge is -2.14. The number of aryl methyl sites for hydroxylation is 2. The highest BCUT2D eigenvalue weighted by atomic mass is 16.5. The van der Waals surface area contributed by atoms with Gasteiger partial charge in [-0.25, -0.2) is 0 Å².